The van der Waals surface area contributed by atoms with E-state index in [1.807, 2.05) is 0 Å². The number of nitrogens with one attached hydrogen (secondary N) is 1. The predicted octanol–water partition coefficient (Wildman–Crippen LogP) is 1.99. The van der Waals surface area contributed by atoms with E-state index in [0.29, 0.717) is 6.04 Å². The average molecular weight is 266 g/mol. The van der Waals surface area contributed by atoms with Crippen LogP contribution in [0.5, 0.6) is 0 Å². The Labute approximate surface area is 115 Å². The molecule has 0 spiro atoms. The van der Waals surface area contributed by atoms with Crippen molar-refractivity contribution < 1.29 is 4.52 Å². The second-order valence-corrected chi connectivity index (χ2v) is 5.32. The Morgan fingerprint density at radius 3 is 2.95 bits per heavy atom. The van der Waals surface area contributed by atoms with E-state index in [-0.39, 0.29) is 0 Å². The highest BCUT2D eigenvalue weighted by Crippen LogP contribution is 2.14. The fraction of sp³-hybridized carbons (Fsp3) is 0.857. The molecule has 2 heterocycles. The lowest BCUT2D eigenvalue weighted by Gasteiger charge is -2.33. The lowest BCUT2D eigenvalue weighted by atomic mass is 10.1. The summed E-state index contributed by atoms with van der Waals surface area (Å²) in [7, 11) is 0. The van der Waals surface area contributed by atoms with Crippen LogP contribution < -0.4 is 5.32 Å². The molecule has 1 aliphatic rings. The van der Waals surface area contributed by atoms with Crippen LogP contribution in [0.15, 0.2) is 4.52 Å². The molecular formula is C14H26N4O. The van der Waals surface area contributed by atoms with Crippen molar-refractivity contribution in [3.05, 3.63) is 11.7 Å². The smallest absolute Gasteiger partial charge is 0.226 e. The van der Waals surface area contributed by atoms with E-state index in [0.717, 1.165) is 57.2 Å². The van der Waals surface area contributed by atoms with Crippen LogP contribution in [0.2, 0.25) is 0 Å². The summed E-state index contributed by atoms with van der Waals surface area (Å²) in [5, 5.41) is 7.58. The molecule has 1 fully saturated rings. The summed E-state index contributed by atoms with van der Waals surface area (Å²) >= 11 is 0. The van der Waals surface area contributed by atoms with Crippen LogP contribution in [-0.2, 0) is 13.0 Å². The van der Waals surface area contributed by atoms with Gasteiger partial charge in [0.15, 0.2) is 5.82 Å². The van der Waals surface area contributed by atoms with Crippen molar-refractivity contribution in [3.63, 3.8) is 0 Å². The van der Waals surface area contributed by atoms with Crippen LogP contribution in [0, 0.1) is 0 Å². The summed E-state index contributed by atoms with van der Waals surface area (Å²) in [5.74, 6) is 1.61. The molecule has 5 heteroatoms. The molecule has 1 aromatic rings. The summed E-state index contributed by atoms with van der Waals surface area (Å²) in [6, 6.07) is 0.613. The van der Waals surface area contributed by atoms with Gasteiger partial charge in [0, 0.05) is 19.0 Å². The summed E-state index contributed by atoms with van der Waals surface area (Å²) in [6.07, 6.45) is 5.62. The first kappa shape index (κ1) is 14.5. The van der Waals surface area contributed by atoms with Crippen LogP contribution in [0.4, 0.5) is 0 Å². The van der Waals surface area contributed by atoms with Crippen molar-refractivity contribution in [2.24, 2.45) is 0 Å². The van der Waals surface area contributed by atoms with E-state index in [4.69, 9.17) is 4.52 Å². The van der Waals surface area contributed by atoms with Gasteiger partial charge in [0.1, 0.15) is 0 Å². The van der Waals surface area contributed by atoms with Crippen LogP contribution in [0.25, 0.3) is 0 Å². The minimum absolute atomic E-state index is 0.613. The Morgan fingerprint density at radius 1 is 1.37 bits per heavy atom. The predicted molar refractivity (Wildman–Crippen MR) is 74.9 cm³/mol. The van der Waals surface area contributed by atoms with Crippen molar-refractivity contribution in [1.29, 1.82) is 0 Å². The maximum atomic E-state index is 5.27. The summed E-state index contributed by atoms with van der Waals surface area (Å²) in [6.45, 7) is 8.50. The first-order chi connectivity index (χ1) is 9.33. The molecule has 2 rings (SSSR count). The number of hydrogen-bond acceptors (Lipinski definition) is 5. The molecule has 1 aromatic heterocycles. The van der Waals surface area contributed by atoms with Gasteiger partial charge in [0.05, 0.1) is 6.54 Å². The van der Waals surface area contributed by atoms with Gasteiger partial charge in [-0.1, -0.05) is 19.0 Å². The van der Waals surface area contributed by atoms with Crippen molar-refractivity contribution in [1.82, 2.24) is 20.4 Å². The Hall–Kier alpha value is -0.940. The molecule has 0 aliphatic carbocycles. The molecule has 1 N–H and O–H groups in total. The van der Waals surface area contributed by atoms with Crippen molar-refractivity contribution >= 4 is 0 Å². The van der Waals surface area contributed by atoms with E-state index in [1.165, 1.54) is 12.8 Å². The highest BCUT2D eigenvalue weighted by molar-refractivity contribution is 4.89. The van der Waals surface area contributed by atoms with Crippen LogP contribution in [0.1, 0.15) is 51.2 Å². The zero-order valence-corrected chi connectivity index (χ0v) is 12.2. The number of aromatic nitrogens is 2. The Balaban J connectivity index is 1.94. The van der Waals surface area contributed by atoms with E-state index >= 15 is 0 Å². The van der Waals surface area contributed by atoms with Crippen molar-refractivity contribution in [3.8, 4) is 0 Å². The third-order valence-electron chi connectivity index (χ3n) is 3.62. The van der Waals surface area contributed by atoms with Gasteiger partial charge in [-0.05, 0) is 38.8 Å². The fourth-order valence-electron chi connectivity index (χ4n) is 2.67. The molecule has 5 nitrogen and oxygen atoms in total. The zero-order chi connectivity index (χ0) is 13.5. The quantitative estimate of drug-likeness (QED) is 0.818. The average Bonchev–Trinajstić information content (AvgIpc) is 2.87. The van der Waals surface area contributed by atoms with E-state index in [1.54, 1.807) is 0 Å². The SMILES string of the molecule is CCCc1nc(CN(CCC)C2CCCNC2)no1. The minimum atomic E-state index is 0.613. The third kappa shape index (κ3) is 4.28. The van der Waals surface area contributed by atoms with Gasteiger partial charge in [-0.2, -0.15) is 4.98 Å². The molecule has 1 saturated heterocycles. The van der Waals surface area contributed by atoms with Crippen molar-refractivity contribution in [2.75, 3.05) is 19.6 Å². The minimum Gasteiger partial charge on any atom is -0.339 e. The second-order valence-electron chi connectivity index (χ2n) is 5.32. The molecular weight excluding hydrogens is 240 g/mol. The summed E-state index contributed by atoms with van der Waals surface area (Å²) < 4.78 is 5.27. The molecule has 108 valence electrons. The first-order valence-electron chi connectivity index (χ1n) is 7.59. The maximum absolute atomic E-state index is 5.27. The van der Waals surface area contributed by atoms with E-state index in [2.05, 4.69) is 34.2 Å². The molecule has 0 bridgehead atoms. The van der Waals surface area contributed by atoms with Gasteiger partial charge in [-0.15, -0.1) is 0 Å². The molecule has 0 amide bonds. The Morgan fingerprint density at radius 2 is 2.26 bits per heavy atom. The van der Waals surface area contributed by atoms with Gasteiger partial charge in [0.25, 0.3) is 0 Å². The standard InChI is InChI=1S/C14H26N4O/c1-3-6-14-16-13(17-19-14)11-18(9-4-2)12-7-5-8-15-10-12/h12,15H,3-11H2,1-2H3. The Bertz CT molecular complexity index is 360. The monoisotopic (exact) mass is 266 g/mol. The van der Waals surface area contributed by atoms with E-state index < -0.39 is 0 Å². The van der Waals surface area contributed by atoms with Gasteiger partial charge < -0.3 is 9.84 Å². The van der Waals surface area contributed by atoms with E-state index in [9.17, 15) is 0 Å². The van der Waals surface area contributed by atoms with Crippen LogP contribution >= 0.6 is 0 Å². The molecule has 0 saturated carbocycles. The molecule has 0 radical (unpaired) electrons. The third-order valence-corrected chi connectivity index (χ3v) is 3.62. The summed E-state index contributed by atoms with van der Waals surface area (Å²) in [4.78, 5) is 6.97. The largest absolute Gasteiger partial charge is 0.339 e. The van der Waals surface area contributed by atoms with Gasteiger partial charge in [-0.3, -0.25) is 4.90 Å². The summed E-state index contributed by atoms with van der Waals surface area (Å²) in [5.41, 5.74) is 0. The number of nitrogens with zero attached hydrogens (tertiary/aromatic N) is 3. The van der Waals surface area contributed by atoms with Crippen LogP contribution in [-0.4, -0.2) is 40.7 Å². The van der Waals surface area contributed by atoms with Gasteiger partial charge in [0.2, 0.25) is 5.89 Å². The number of piperidine rings is 1. The number of aryl methyl sites for hydroxylation is 1. The first-order valence-corrected chi connectivity index (χ1v) is 7.59. The Kier molecular flexibility index (Phi) is 5.79. The second kappa shape index (κ2) is 7.60. The topological polar surface area (TPSA) is 54.2 Å². The normalized spacial score (nSPS) is 20.1. The molecule has 1 aliphatic heterocycles. The molecule has 0 aromatic carbocycles. The molecule has 19 heavy (non-hydrogen) atoms. The number of rotatable bonds is 7. The van der Waals surface area contributed by atoms with Crippen molar-refractivity contribution in [2.45, 2.75) is 58.5 Å². The van der Waals surface area contributed by atoms with Crippen LogP contribution in [0.3, 0.4) is 0 Å². The van der Waals surface area contributed by atoms with Gasteiger partial charge in [-0.25, -0.2) is 0 Å². The number of hydrogen-bond donors (Lipinski definition) is 1. The molecule has 1 atom stereocenters. The highest BCUT2D eigenvalue weighted by atomic mass is 16.5. The lowest BCUT2D eigenvalue weighted by molar-refractivity contribution is 0.153. The maximum Gasteiger partial charge on any atom is 0.226 e. The fourth-order valence-corrected chi connectivity index (χ4v) is 2.67. The lowest BCUT2D eigenvalue weighted by Crippen LogP contribution is -2.46. The molecule has 1 unspecified atom stereocenters. The highest BCUT2D eigenvalue weighted by Gasteiger charge is 2.22. The zero-order valence-electron chi connectivity index (χ0n) is 12.2. The van der Waals surface area contributed by atoms with Gasteiger partial charge >= 0.3 is 0 Å².